The number of hydrogen-bond donors (Lipinski definition) is 1. The number of fused-ring (bicyclic) bond motifs is 1. The van der Waals surface area contributed by atoms with Crippen LogP contribution in [0, 0.1) is 11.7 Å². The van der Waals surface area contributed by atoms with Crippen LogP contribution in [0.25, 0.3) is 0 Å². The molecule has 2 aliphatic rings. The predicted molar refractivity (Wildman–Crippen MR) is 76.4 cm³/mol. The van der Waals surface area contributed by atoms with Crippen molar-refractivity contribution < 1.29 is 14.0 Å². The molecule has 2 fully saturated rings. The van der Waals surface area contributed by atoms with E-state index in [0.29, 0.717) is 24.4 Å². The average Bonchev–Trinajstić information content (AvgIpc) is 2.48. The van der Waals surface area contributed by atoms with Gasteiger partial charge in [0.15, 0.2) is 5.78 Å². The number of nitrogens with one attached hydrogen (secondary N) is 1. The molecule has 0 aromatic heterocycles. The lowest BCUT2D eigenvalue weighted by Crippen LogP contribution is -2.54. The van der Waals surface area contributed by atoms with Crippen LogP contribution >= 0.6 is 0 Å². The predicted octanol–water partition coefficient (Wildman–Crippen LogP) is 1.61. The number of nitrogens with zero attached hydrogens (tertiary/aromatic N) is 1. The number of rotatable bonds is 3. The molecule has 21 heavy (non-hydrogen) atoms. The van der Waals surface area contributed by atoms with Crippen LogP contribution in [0.15, 0.2) is 24.3 Å². The fourth-order valence-electron chi connectivity index (χ4n) is 3.26. The van der Waals surface area contributed by atoms with Crippen molar-refractivity contribution in [3.05, 3.63) is 35.6 Å². The summed E-state index contributed by atoms with van der Waals surface area (Å²) in [7, 11) is 0. The highest BCUT2D eigenvalue weighted by Gasteiger charge is 2.34. The SMILES string of the molecule is O=C1CCC2CN(CC(=O)c3ccc(F)cc3)CCC2N1. The van der Waals surface area contributed by atoms with E-state index in [-0.39, 0.29) is 23.5 Å². The summed E-state index contributed by atoms with van der Waals surface area (Å²) in [5.74, 6) is 0.281. The molecule has 2 atom stereocenters. The summed E-state index contributed by atoms with van der Waals surface area (Å²) in [6.45, 7) is 2.02. The van der Waals surface area contributed by atoms with Gasteiger partial charge in [0, 0.05) is 31.1 Å². The Kier molecular flexibility index (Phi) is 4.01. The van der Waals surface area contributed by atoms with E-state index in [9.17, 15) is 14.0 Å². The third-order valence-electron chi connectivity index (χ3n) is 4.44. The Bertz CT molecular complexity index is 544. The van der Waals surface area contributed by atoms with Crippen LogP contribution in [0.4, 0.5) is 4.39 Å². The van der Waals surface area contributed by atoms with E-state index in [4.69, 9.17) is 0 Å². The van der Waals surface area contributed by atoms with Crippen LogP contribution in [0.1, 0.15) is 29.6 Å². The summed E-state index contributed by atoms with van der Waals surface area (Å²) in [6.07, 6.45) is 2.38. The zero-order valence-electron chi connectivity index (χ0n) is 11.8. The van der Waals surface area contributed by atoms with Gasteiger partial charge in [-0.15, -0.1) is 0 Å². The summed E-state index contributed by atoms with van der Waals surface area (Å²) >= 11 is 0. The molecule has 0 radical (unpaired) electrons. The Hall–Kier alpha value is -1.75. The van der Waals surface area contributed by atoms with Crippen LogP contribution in [-0.2, 0) is 4.79 Å². The molecule has 1 aromatic carbocycles. The topological polar surface area (TPSA) is 49.4 Å². The van der Waals surface area contributed by atoms with Gasteiger partial charge < -0.3 is 5.32 Å². The number of ketones is 1. The fourth-order valence-corrected chi connectivity index (χ4v) is 3.26. The minimum atomic E-state index is -0.328. The van der Waals surface area contributed by atoms with Crippen LogP contribution in [0.3, 0.4) is 0 Å². The Morgan fingerprint density at radius 2 is 2.05 bits per heavy atom. The molecule has 1 aromatic rings. The molecule has 5 heteroatoms. The molecule has 2 heterocycles. The molecule has 3 rings (SSSR count). The minimum absolute atomic E-state index is 0.0216. The Labute approximate surface area is 123 Å². The normalized spacial score (nSPS) is 26.0. The van der Waals surface area contributed by atoms with E-state index >= 15 is 0 Å². The maximum absolute atomic E-state index is 12.9. The Morgan fingerprint density at radius 1 is 1.29 bits per heavy atom. The van der Waals surface area contributed by atoms with Crippen LogP contribution in [-0.4, -0.2) is 42.3 Å². The minimum Gasteiger partial charge on any atom is -0.353 e. The molecular weight excluding hydrogens is 271 g/mol. The summed E-state index contributed by atoms with van der Waals surface area (Å²) < 4.78 is 12.9. The number of amides is 1. The molecule has 2 aliphatic heterocycles. The smallest absolute Gasteiger partial charge is 0.220 e. The molecule has 0 spiro atoms. The highest BCUT2D eigenvalue weighted by atomic mass is 19.1. The second-order valence-electron chi connectivity index (χ2n) is 5.93. The van der Waals surface area contributed by atoms with Gasteiger partial charge in [-0.05, 0) is 43.0 Å². The first-order valence-corrected chi connectivity index (χ1v) is 7.42. The Morgan fingerprint density at radius 3 is 2.81 bits per heavy atom. The molecule has 1 amide bonds. The fraction of sp³-hybridized carbons (Fsp3) is 0.500. The first-order chi connectivity index (χ1) is 10.1. The van der Waals surface area contributed by atoms with Gasteiger partial charge in [-0.25, -0.2) is 4.39 Å². The quantitative estimate of drug-likeness (QED) is 0.860. The molecule has 2 saturated heterocycles. The van der Waals surface area contributed by atoms with Crippen molar-refractivity contribution in [2.75, 3.05) is 19.6 Å². The van der Waals surface area contributed by atoms with E-state index in [1.807, 2.05) is 0 Å². The van der Waals surface area contributed by atoms with E-state index in [1.165, 1.54) is 24.3 Å². The third kappa shape index (κ3) is 3.29. The number of piperidine rings is 2. The van der Waals surface area contributed by atoms with E-state index in [2.05, 4.69) is 10.2 Å². The zero-order valence-corrected chi connectivity index (χ0v) is 11.8. The maximum Gasteiger partial charge on any atom is 0.220 e. The van der Waals surface area contributed by atoms with Crippen molar-refractivity contribution in [1.82, 2.24) is 10.2 Å². The molecule has 1 N–H and O–H groups in total. The number of carbonyl (C=O) groups excluding carboxylic acids is 2. The number of carbonyl (C=O) groups is 2. The van der Waals surface area contributed by atoms with Gasteiger partial charge in [0.05, 0.1) is 6.54 Å². The standard InChI is InChI=1S/C16H19FN2O2/c17-13-4-1-11(2-5-13)15(20)10-19-8-7-14-12(9-19)3-6-16(21)18-14/h1-2,4-5,12,14H,3,6-10H2,(H,18,21). The summed E-state index contributed by atoms with van der Waals surface area (Å²) in [5.41, 5.74) is 0.551. The molecule has 0 saturated carbocycles. The number of benzene rings is 1. The van der Waals surface area contributed by atoms with Gasteiger partial charge in [0.2, 0.25) is 5.91 Å². The van der Waals surface area contributed by atoms with Crippen molar-refractivity contribution in [3.8, 4) is 0 Å². The van der Waals surface area contributed by atoms with Crippen molar-refractivity contribution in [1.29, 1.82) is 0 Å². The van der Waals surface area contributed by atoms with E-state index in [1.54, 1.807) is 0 Å². The van der Waals surface area contributed by atoms with Crippen molar-refractivity contribution >= 4 is 11.7 Å². The highest BCUT2D eigenvalue weighted by molar-refractivity contribution is 5.97. The van der Waals surface area contributed by atoms with Crippen LogP contribution in [0.2, 0.25) is 0 Å². The molecule has 0 aliphatic carbocycles. The molecule has 2 unspecified atom stereocenters. The highest BCUT2D eigenvalue weighted by Crippen LogP contribution is 2.25. The maximum atomic E-state index is 12.9. The Balaban J connectivity index is 1.57. The second-order valence-corrected chi connectivity index (χ2v) is 5.93. The van der Waals surface area contributed by atoms with Gasteiger partial charge in [0.1, 0.15) is 5.82 Å². The zero-order chi connectivity index (χ0) is 14.8. The number of Topliss-reactive ketones (excluding diaryl/α,β-unsaturated/α-hetero) is 1. The largest absolute Gasteiger partial charge is 0.353 e. The average molecular weight is 290 g/mol. The van der Waals surface area contributed by atoms with Gasteiger partial charge in [0.25, 0.3) is 0 Å². The summed E-state index contributed by atoms with van der Waals surface area (Å²) in [4.78, 5) is 25.7. The molecule has 4 nitrogen and oxygen atoms in total. The van der Waals surface area contributed by atoms with Gasteiger partial charge in [-0.1, -0.05) is 0 Å². The van der Waals surface area contributed by atoms with Gasteiger partial charge >= 0.3 is 0 Å². The van der Waals surface area contributed by atoms with E-state index in [0.717, 1.165) is 25.9 Å². The monoisotopic (exact) mass is 290 g/mol. The van der Waals surface area contributed by atoms with Crippen LogP contribution in [0.5, 0.6) is 0 Å². The number of halogens is 1. The summed E-state index contributed by atoms with van der Waals surface area (Å²) in [6, 6.07) is 5.96. The third-order valence-corrected chi connectivity index (χ3v) is 4.44. The lowest BCUT2D eigenvalue weighted by Gasteiger charge is -2.41. The number of hydrogen-bond acceptors (Lipinski definition) is 3. The summed E-state index contributed by atoms with van der Waals surface area (Å²) in [5, 5.41) is 3.04. The van der Waals surface area contributed by atoms with E-state index < -0.39 is 0 Å². The molecule has 0 bridgehead atoms. The van der Waals surface area contributed by atoms with Crippen molar-refractivity contribution in [3.63, 3.8) is 0 Å². The van der Waals surface area contributed by atoms with Crippen molar-refractivity contribution in [2.45, 2.75) is 25.3 Å². The van der Waals surface area contributed by atoms with Crippen molar-refractivity contribution in [2.24, 2.45) is 5.92 Å². The first kappa shape index (κ1) is 14.2. The molecule has 112 valence electrons. The lowest BCUT2D eigenvalue weighted by molar-refractivity contribution is -0.125. The second kappa shape index (κ2) is 5.93. The van der Waals surface area contributed by atoms with Gasteiger partial charge in [-0.3, -0.25) is 14.5 Å². The van der Waals surface area contributed by atoms with Gasteiger partial charge in [-0.2, -0.15) is 0 Å². The first-order valence-electron chi connectivity index (χ1n) is 7.42. The number of likely N-dealkylation sites (tertiary alicyclic amines) is 1. The molecular formula is C16H19FN2O2. The van der Waals surface area contributed by atoms with Crippen LogP contribution < -0.4 is 5.32 Å². The lowest BCUT2D eigenvalue weighted by atomic mass is 9.85.